The highest BCUT2D eigenvalue weighted by Crippen LogP contribution is 2.45. The molecule has 13 heteroatoms. The molecule has 0 saturated carbocycles. The number of nitrogens with zero attached hydrogens (tertiary/aromatic N) is 1. The van der Waals surface area contributed by atoms with Gasteiger partial charge in [0.25, 0.3) is 0 Å². The smallest absolute Gasteiger partial charge is 0.416 e. The molecule has 0 N–H and O–H groups in total. The molecule has 1 fully saturated rings. The van der Waals surface area contributed by atoms with Crippen molar-refractivity contribution in [1.29, 1.82) is 0 Å². The lowest BCUT2D eigenvalue weighted by Crippen LogP contribution is -2.45. The molecule has 0 bridgehead atoms. The van der Waals surface area contributed by atoms with E-state index in [0.717, 1.165) is 0 Å². The topological polar surface area (TPSA) is 65.1 Å². The molecule has 1 heterocycles. The Morgan fingerprint density at radius 1 is 0.957 bits per heavy atom. The molecule has 0 aliphatic carbocycles. The number of esters is 1. The fraction of sp³-hybridized carbons (Fsp3) is 0.529. The minimum absolute atomic E-state index is 0.0363. The highest BCUT2D eigenvalue weighted by atomic mass is 19.4. The Hall–Kier alpha value is -3.61. The van der Waals surface area contributed by atoms with Crippen molar-refractivity contribution in [3.05, 3.63) is 83.2 Å². The van der Waals surface area contributed by atoms with Crippen molar-refractivity contribution >= 4 is 12.1 Å². The lowest BCUT2D eigenvalue weighted by atomic mass is 9.75. The summed E-state index contributed by atoms with van der Waals surface area (Å²) < 4.78 is 113. The summed E-state index contributed by atoms with van der Waals surface area (Å²) >= 11 is 0. The van der Waals surface area contributed by atoms with E-state index >= 15 is 0 Å². The van der Waals surface area contributed by atoms with Crippen LogP contribution in [0.4, 0.5) is 35.5 Å². The Kier molecular flexibility index (Phi) is 11.2. The SMILES string of the molecule is C=CC(OC(C)=O)C(C)(C)C[C@H]1[C@H](c2ccc(F)cc2)[C@@H](O[C@H](C)c2cc(C(F)(F)F)cc(C(F)(F)F)c2)CN1C(=O)OC(C)(C)C. The normalized spacial score (nSPS) is 20.5. The molecule has 0 spiro atoms. The summed E-state index contributed by atoms with van der Waals surface area (Å²) in [6.45, 7) is 14.7. The van der Waals surface area contributed by atoms with Gasteiger partial charge in [0, 0.05) is 24.3 Å². The highest BCUT2D eigenvalue weighted by molar-refractivity contribution is 5.69. The molecule has 1 aliphatic rings. The van der Waals surface area contributed by atoms with Gasteiger partial charge in [-0.3, -0.25) is 4.79 Å². The number of hydrogen-bond donors (Lipinski definition) is 0. The van der Waals surface area contributed by atoms with Crippen LogP contribution in [0.25, 0.3) is 0 Å². The van der Waals surface area contributed by atoms with Gasteiger partial charge < -0.3 is 19.1 Å². The van der Waals surface area contributed by atoms with Gasteiger partial charge in [-0.15, -0.1) is 0 Å². The van der Waals surface area contributed by atoms with Crippen molar-refractivity contribution in [1.82, 2.24) is 4.90 Å². The van der Waals surface area contributed by atoms with Crippen molar-refractivity contribution in [2.75, 3.05) is 6.54 Å². The molecule has 1 amide bonds. The van der Waals surface area contributed by atoms with Gasteiger partial charge in [0.1, 0.15) is 17.5 Å². The molecule has 260 valence electrons. The van der Waals surface area contributed by atoms with Crippen molar-refractivity contribution in [2.45, 2.75) is 103 Å². The first-order chi connectivity index (χ1) is 21.4. The van der Waals surface area contributed by atoms with Crippen molar-refractivity contribution in [3.8, 4) is 0 Å². The Bertz CT molecular complexity index is 1400. The van der Waals surface area contributed by atoms with Crippen LogP contribution in [0.3, 0.4) is 0 Å². The summed E-state index contributed by atoms with van der Waals surface area (Å²) in [5.41, 5.74) is -4.65. The predicted molar refractivity (Wildman–Crippen MR) is 160 cm³/mol. The van der Waals surface area contributed by atoms with Crippen LogP contribution < -0.4 is 0 Å². The van der Waals surface area contributed by atoms with E-state index in [-0.39, 0.29) is 24.6 Å². The van der Waals surface area contributed by atoms with Gasteiger partial charge in [-0.1, -0.05) is 38.6 Å². The molecule has 1 saturated heterocycles. The number of carbonyl (C=O) groups excluding carboxylic acids is 2. The number of halogens is 7. The van der Waals surface area contributed by atoms with Crippen LogP contribution in [0, 0.1) is 11.2 Å². The largest absolute Gasteiger partial charge is 0.458 e. The van der Waals surface area contributed by atoms with Gasteiger partial charge in [-0.05, 0) is 75.6 Å². The third-order valence-corrected chi connectivity index (χ3v) is 7.95. The summed E-state index contributed by atoms with van der Waals surface area (Å²) in [7, 11) is 0. The predicted octanol–water partition coefficient (Wildman–Crippen LogP) is 9.25. The second-order valence-corrected chi connectivity index (χ2v) is 13.4. The van der Waals surface area contributed by atoms with E-state index in [2.05, 4.69) is 6.58 Å². The molecular formula is C34H40F7NO5. The highest BCUT2D eigenvalue weighted by Gasteiger charge is 2.50. The number of amides is 1. The third kappa shape index (κ3) is 9.71. The summed E-state index contributed by atoms with van der Waals surface area (Å²) in [5, 5.41) is 0. The summed E-state index contributed by atoms with van der Waals surface area (Å²) in [5.74, 6) is -1.88. The third-order valence-electron chi connectivity index (χ3n) is 7.95. The number of rotatable bonds is 9. The second kappa shape index (κ2) is 13.9. The van der Waals surface area contributed by atoms with Gasteiger partial charge in [0.15, 0.2) is 0 Å². The molecule has 6 nitrogen and oxygen atoms in total. The average molecular weight is 676 g/mol. The van der Waals surface area contributed by atoms with Crippen LogP contribution in [0.1, 0.15) is 89.2 Å². The molecule has 47 heavy (non-hydrogen) atoms. The van der Waals surface area contributed by atoms with Crippen LogP contribution in [0.15, 0.2) is 55.1 Å². The average Bonchev–Trinajstić information content (AvgIpc) is 3.26. The molecule has 0 aromatic heterocycles. The van der Waals surface area contributed by atoms with Gasteiger partial charge in [0.05, 0.1) is 29.9 Å². The zero-order chi connectivity index (χ0) is 35.7. The van der Waals surface area contributed by atoms with Crippen LogP contribution in [0.5, 0.6) is 0 Å². The molecule has 1 aliphatic heterocycles. The van der Waals surface area contributed by atoms with Crippen molar-refractivity contribution in [3.63, 3.8) is 0 Å². The molecule has 1 unspecified atom stereocenters. The lowest BCUT2D eigenvalue weighted by Gasteiger charge is -2.39. The fourth-order valence-electron chi connectivity index (χ4n) is 5.82. The lowest BCUT2D eigenvalue weighted by molar-refractivity contribution is -0.149. The zero-order valence-corrected chi connectivity index (χ0v) is 27.3. The maximum absolute atomic E-state index is 14.0. The van der Waals surface area contributed by atoms with Crippen LogP contribution >= 0.6 is 0 Å². The number of likely N-dealkylation sites (tertiary alicyclic amines) is 1. The molecule has 3 rings (SSSR count). The van der Waals surface area contributed by atoms with E-state index in [1.807, 2.05) is 0 Å². The monoisotopic (exact) mass is 675 g/mol. The number of hydrogen-bond acceptors (Lipinski definition) is 5. The fourth-order valence-corrected chi connectivity index (χ4v) is 5.82. The van der Waals surface area contributed by atoms with E-state index in [1.165, 1.54) is 49.1 Å². The molecule has 2 aromatic rings. The number of carbonyl (C=O) groups is 2. The van der Waals surface area contributed by atoms with E-state index in [0.29, 0.717) is 17.7 Å². The van der Waals surface area contributed by atoms with Crippen molar-refractivity contribution in [2.24, 2.45) is 5.41 Å². The summed E-state index contributed by atoms with van der Waals surface area (Å²) in [6.07, 6.45) is -12.4. The first kappa shape index (κ1) is 37.8. The Morgan fingerprint density at radius 2 is 1.49 bits per heavy atom. The number of ether oxygens (including phenoxy) is 3. The van der Waals surface area contributed by atoms with Crippen LogP contribution in [-0.4, -0.2) is 47.4 Å². The number of alkyl halides is 6. The summed E-state index contributed by atoms with van der Waals surface area (Å²) in [6, 6.07) is 5.81. The first-order valence-corrected chi connectivity index (χ1v) is 14.9. The van der Waals surface area contributed by atoms with Crippen LogP contribution in [0.2, 0.25) is 0 Å². The van der Waals surface area contributed by atoms with Gasteiger partial charge >= 0.3 is 24.4 Å². The van der Waals surface area contributed by atoms with Gasteiger partial charge in [-0.2, -0.15) is 26.3 Å². The summed E-state index contributed by atoms with van der Waals surface area (Å²) in [4.78, 5) is 26.9. The molecule has 2 aromatic carbocycles. The first-order valence-electron chi connectivity index (χ1n) is 14.9. The van der Waals surface area contributed by atoms with Crippen molar-refractivity contribution < 1.29 is 54.5 Å². The maximum Gasteiger partial charge on any atom is 0.416 e. The van der Waals surface area contributed by atoms with E-state index in [9.17, 15) is 40.3 Å². The minimum atomic E-state index is -5.06. The van der Waals surface area contributed by atoms with Gasteiger partial charge in [0.2, 0.25) is 0 Å². The van der Waals surface area contributed by atoms with E-state index in [1.54, 1.807) is 34.6 Å². The molecule has 0 radical (unpaired) electrons. The molecule has 5 atom stereocenters. The Balaban J connectivity index is 2.15. The zero-order valence-electron chi connectivity index (χ0n) is 27.3. The second-order valence-electron chi connectivity index (χ2n) is 13.4. The maximum atomic E-state index is 14.0. The minimum Gasteiger partial charge on any atom is -0.458 e. The van der Waals surface area contributed by atoms with E-state index in [4.69, 9.17) is 14.2 Å². The van der Waals surface area contributed by atoms with Crippen LogP contribution in [-0.2, 0) is 31.4 Å². The standard InChI is InChI=1S/C34H40F7NO5/c1-9-28(46-20(3)43)32(7,8)17-26-29(21-10-12-25(35)13-11-21)27(18-42(26)30(44)47-31(4,5)6)45-19(2)22-14-23(33(36,37)38)16-24(15-22)34(39,40)41/h9-16,19,26-29H,1,17-18H2,2-8H3/t19-,26+,27+,28?,29+/m1/s1. The van der Waals surface area contributed by atoms with Gasteiger partial charge in [-0.25, -0.2) is 9.18 Å². The Morgan fingerprint density at radius 3 is 1.94 bits per heavy atom. The molecular weight excluding hydrogens is 635 g/mol. The Labute approximate surface area is 269 Å². The quantitative estimate of drug-likeness (QED) is 0.151. The van der Waals surface area contributed by atoms with E-state index < -0.39 is 82.6 Å². The number of benzene rings is 2.